The number of benzene rings is 2. The van der Waals surface area contributed by atoms with Crippen LogP contribution in [-0.4, -0.2) is 68.1 Å². The van der Waals surface area contributed by atoms with E-state index in [4.69, 9.17) is 14.2 Å². The maximum absolute atomic E-state index is 12.3. The molecule has 0 fully saturated rings. The zero-order chi connectivity index (χ0) is 32.1. The van der Waals surface area contributed by atoms with Crippen molar-refractivity contribution in [3.63, 3.8) is 0 Å². The van der Waals surface area contributed by atoms with Crippen LogP contribution in [0.1, 0.15) is 41.0 Å². The van der Waals surface area contributed by atoms with E-state index in [0.29, 0.717) is 63.2 Å². The molecule has 6 rings (SSSR count). The average Bonchev–Trinajstić information content (AvgIpc) is 3.68. The standard InChI is InChI=1S/C17H17N3O.C16H15N3O5/c1-11(2)8-15(21)13-9-18-17-16(13)20-14(10-19-17)12-6-4-3-5-7-12;1-22-11-4-8(5-12(23-2)14(11)24-3)10-7-18-15-13(19-10)9(6-17-15)16(20)21/h3-7,9-11H,8H2,1-2H3,(H,18,19);4-7H,1-3H3,(H,17,18)(H,20,21). The minimum Gasteiger partial charge on any atom is -0.493 e. The molecule has 12 nitrogen and oxygen atoms in total. The second kappa shape index (κ2) is 13.2. The highest BCUT2D eigenvalue weighted by Gasteiger charge is 2.18. The quantitative estimate of drug-likeness (QED) is 0.161. The molecule has 0 unspecified atom stereocenters. The van der Waals surface area contributed by atoms with E-state index >= 15 is 0 Å². The SMILES string of the molecule is CC(C)CC(=O)c1c[nH]c2ncc(-c3ccccc3)nc12.COc1cc(-c2cnc3[nH]cc(C(=O)O)c3n2)cc(OC)c1OC. The zero-order valence-corrected chi connectivity index (χ0v) is 25.4. The monoisotopic (exact) mass is 608 g/mol. The van der Waals surface area contributed by atoms with Crippen LogP contribution in [0.2, 0.25) is 0 Å². The van der Waals surface area contributed by atoms with Crippen molar-refractivity contribution in [2.75, 3.05) is 21.3 Å². The number of nitrogens with zero attached hydrogens (tertiary/aromatic N) is 4. The fourth-order valence-electron chi connectivity index (χ4n) is 4.76. The summed E-state index contributed by atoms with van der Waals surface area (Å²) >= 11 is 0. The van der Waals surface area contributed by atoms with Crippen LogP contribution in [0.3, 0.4) is 0 Å². The summed E-state index contributed by atoms with van der Waals surface area (Å²) in [6.45, 7) is 4.07. The number of carbonyl (C=O) groups is 2. The van der Waals surface area contributed by atoms with Gasteiger partial charge >= 0.3 is 5.97 Å². The molecule has 0 spiro atoms. The number of carbonyl (C=O) groups excluding carboxylic acids is 1. The summed E-state index contributed by atoms with van der Waals surface area (Å²) in [4.78, 5) is 47.0. The lowest BCUT2D eigenvalue weighted by Crippen LogP contribution is -2.03. The fourth-order valence-corrected chi connectivity index (χ4v) is 4.76. The van der Waals surface area contributed by atoms with Crippen LogP contribution in [0, 0.1) is 5.92 Å². The van der Waals surface area contributed by atoms with Gasteiger partial charge in [-0.3, -0.25) is 4.79 Å². The molecule has 4 heterocycles. The van der Waals surface area contributed by atoms with Gasteiger partial charge in [0.2, 0.25) is 5.75 Å². The molecule has 0 radical (unpaired) electrons. The molecule has 12 heteroatoms. The Kier molecular flexibility index (Phi) is 9.03. The third kappa shape index (κ3) is 6.44. The van der Waals surface area contributed by atoms with E-state index in [1.54, 1.807) is 30.7 Å². The summed E-state index contributed by atoms with van der Waals surface area (Å²) in [6.07, 6.45) is 6.87. The first-order chi connectivity index (χ1) is 21.7. The molecular formula is C33H32N6O6. The number of hydrogen-bond donors (Lipinski definition) is 3. The molecular weight excluding hydrogens is 576 g/mol. The lowest BCUT2D eigenvalue weighted by Gasteiger charge is -2.13. The van der Waals surface area contributed by atoms with Crippen molar-refractivity contribution in [3.8, 4) is 39.8 Å². The lowest BCUT2D eigenvalue weighted by molar-refractivity contribution is 0.0698. The fraction of sp³-hybridized carbons (Fsp3) is 0.212. The van der Waals surface area contributed by atoms with E-state index in [1.807, 2.05) is 44.2 Å². The first-order valence-corrected chi connectivity index (χ1v) is 14.0. The second-order valence-electron chi connectivity index (χ2n) is 10.4. The van der Waals surface area contributed by atoms with Gasteiger partial charge in [0.25, 0.3) is 0 Å². The highest BCUT2D eigenvalue weighted by Crippen LogP contribution is 2.41. The van der Waals surface area contributed by atoms with Crippen molar-refractivity contribution in [3.05, 3.63) is 78.4 Å². The van der Waals surface area contributed by atoms with Gasteiger partial charge in [0.1, 0.15) is 16.6 Å². The minimum absolute atomic E-state index is 0.0618. The van der Waals surface area contributed by atoms with Crippen molar-refractivity contribution >= 4 is 34.1 Å². The number of Topliss-reactive ketones (excluding diaryl/α,β-unsaturated/α-hetero) is 1. The smallest absolute Gasteiger partial charge is 0.339 e. The molecule has 0 aliphatic heterocycles. The largest absolute Gasteiger partial charge is 0.493 e. The number of carboxylic acids is 1. The van der Waals surface area contributed by atoms with Crippen LogP contribution in [0.15, 0.2) is 67.3 Å². The molecule has 0 saturated carbocycles. The van der Waals surface area contributed by atoms with Crippen LogP contribution in [0.5, 0.6) is 17.2 Å². The number of nitrogens with one attached hydrogen (secondary N) is 2. The predicted molar refractivity (Wildman–Crippen MR) is 169 cm³/mol. The van der Waals surface area contributed by atoms with Crippen LogP contribution in [0.4, 0.5) is 0 Å². The number of ketones is 1. The molecule has 6 aromatic rings. The summed E-state index contributed by atoms with van der Waals surface area (Å²) in [5.74, 6) is 0.772. The van der Waals surface area contributed by atoms with Gasteiger partial charge in [0.05, 0.1) is 50.7 Å². The molecule has 45 heavy (non-hydrogen) atoms. The maximum atomic E-state index is 12.3. The molecule has 0 bridgehead atoms. The Morgan fingerprint density at radius 1 is 0.778 bits per heavy atom. The van der Waals surface area contributed by atoms with E-state index in [0.717, 1.165) is 11.3 Å². The molecule has 0 aliphatic rings. The Morgan fingerprint density at radius 2 is 1.31 bits per heavy atom. The topological polar surface area (TPSA) is 165 Å². The highest BCUT2D eigenvalue weighted by atomic mass is 16.5. The molecule has 230 valence electrons. The van der Waals surface area contributed by atoms with Gasteiger partial charge in [-0.1, -0.05) is 44.2 Å². The highest BCUT2D eigenvalue weighted by molar-refractivity contribution is 6.06. The Hall–Kier alpha value is -5.78. The number of aromatic amines is 2. The summed E-state index contributed by atoms with van der Waals surface area (Å²) in [5.41, 5.74) is 5.62. The predicted octanol–water partition coefficient (Wildman–Crippen LogP) is 6.20. The summed E-state index contributed by atoms with van der Waals surface area (Å²) in [5, 5.41) is 9.22. The summed E-state index contributed by atoms with van der Waals surface area (Å²) in [6, 6.07) is 13.3. The number of fused-ring (bicyclic) bond motifs is 2. The van der Waals surface area contributed by atoms with E-state index in [9.17, 15) is 14.7 Å². The molecule has 0 saturated heterocycles. The van der Waals surface area contributed by atoms with Crippen molar-refractivity contribution in [2.24, 2.45) is 5.92 Å². The van der Waals surface area contributed by atoms with E-state index in [-0.39, 0.29) is 16.9 Å². The van der Waals surface area contributed by atoms with Gasteiger partial charge in [-0.15, -0.1) is 0 Å². The van der Waals surface area contributed by atoms with Crippen molar-refractivity contribution in [1.82, 2.24) is 29.9 Å². The second-order valence-corrected chi connectivity index (χ2v) is 10.4. The zero-order valence-electron chi connectivity index (χ0n) is 25.4. The van der Waals surface area contributed by atoms with E-state index in [2.05, 4.69) is 29.9 Å². The number of hydrogen-bond acceptors (Lipinski definition) is 9. The molecule has 0 atom stereocenters. The van der Waals surface area contributed by atoms with Crippen LogP contribution in [-0.2, 0) is 0 Å². The van der Waals surface area contributed by atoms with Gasteiger partial charge in [-0.05, 0) is 18.1 Å². The molecule has 3 N–H and O–H groups in total. The lowest BCUT2D eigenvalue weighted by atomic mass is 10.0. The first-order valence-electron chi connectivity index (χ1n) is 14.0. The van der Waals surface area contributed by atoms with Crippen molar-refractivity contribution < 1.29 is 28.9 Å². The third-order valence-electron chi connectivity index (χ3n) is 6.92. The third-order valence-corrected chi connectivity index (χ3v) is 6.92. The Balaban J connectivity index is 0.000000179. The first kappa shape index (κ1) is 30.7. The number of ether oxygens (including phenoxy) is 3. The van der Waals surface area contributed by atoms with Gasteiger partial charge in [0, 0.05) is 29.9 Å². The average molecular weight is 609 g/mol. The van der Waals surface area contributed by atoms with Crippen molar-refractivity contribution in [2.45, 2.75) is 20.3 Å². The normalized spacial score (nSPS) is 10.9. The summed E-state index contributed by atoms with van der Waals surface area (Å²) in [7, 11) is 4.56. The Labute approximate surface area is 258 Å². The molecule has 0 aliphatic carbocycles. The van der Waals surface area contributed by atoms with Crippen molar-refractivity contribution in [1.29, 1.82) is 0 Å². The number of aromatic carboxylic acids is 1. The van der Waals surface area contributed by atoms with Crippen LogP contribution >= 0.6 is 0 Å². The molecule has 4 aromatic heterocycles. The minimum atomic E-state index is -1.07. The molecule has 2 aromatic carbocycles. The van der Waals surface area contributed by atoms with E-state index < -0.39 is 5.97 Å². The number of H-pyrrole nitrogens is 2. The Morgan fingerprint density at radius 3 is 1.82 bits per heavy atom. The van der Waals surface area contributed by atoms with Crippen LogP contribution in [0.25, 0.3) is 44.8 Å². The number of methoxy groups -OCH3 is 3. The van der Waals surface area contributed by atoms with E-state index in [1.165, 1.54) is 27.5 Å². The number of rotatable bonds is 9. The maximum Gasteiger partial charge on any atom is 0.339 e. The van der Waals surface area contributed by atoms with Crippen LogP contribution < -0.4 is 14.2 Å². The summed E-state index contributed by atoms with van der Waals surface area (Å²) < 4.78 is 15.9. The van der Waals surface area contributed by atoms with Gasteiger partial charge in [-0.25, -0.2) is 24.7 Å². The van der Waals surface area contributed by atoms with Gasteiger partial charge in [-0.2, -0.15) is 0 Å². The van der Waals surface area contributed by atoms with Gasteiger partial charge in [0.15, 0.2) is 28.6 Å². The molecule has 0 amide bonds. The Bertz CT molecular complexity index is 1960. The number of aromatic nitrogens is 6. The number of carboxylic acid groups (broad SMARTS) is 1. The van der Waals surface area contributed by atoms with Gasteiger partial charge < -0.3 is 29.3 Å².